The summed E-state index contributed by atoms with van der Waals surface area (Å²) in [6.45, 7) is 1.79. The van der Waals surface area contributed by atoms with E-state index in [1.807, 2.05) is 0 Å². The van der Waals surface area contributed by atoms with E-state index in [9.17, 15) is 14.0 Å². The number of ether oxygens (including phenoxy) is 1. The maximum Gasteiger partial charge on any atom is 0.317 e. The highest BCUT2D eigenvalue weighted by atomic mass is 35.5. The highest BCUT2D eigenvalue weighted by Crippen LogP contribution is 2.43. The van der Waals surface area contributed by atoms with E-state index in [-0.39, 0.29) is 23.6 Å². The zero-order valence-electron chi connectivity index (χ0n) is 13.5. The summed E-state index contributed by atoms with van der Waals surface area (Å²) >= 11 is 6.18. The predicted octanol–water partition coefficient (Wildman–Crippen LogP) is 4.39. The molecule has 3 rings (SSSR count). The molecule has 0 saturated heterocycles. The molecule has 2 atom stereocenters. The Balaban J connectivity index is 2.09. The summed E-state index contributed by atoms with van der Waals surface area (Å²) in [7, 11) is 0. The zero-order chi connectivity index (χ0) is 18.0. The minimum Gasteiger partial charge on any atom is -0.465 e. The van der Waals surface area contributed by atoms with Crippen molar-refractivity contribution in [2.45, 2.75) is 19.3 Å². The van der Waals surface area contributed by atoms with Crippen LogP contribution in [-0.4, -0.2) is 18.4 Å². The van der Waals surface area contributed by atoms with E-state index < -0.39 is 29.4 Å². The average Bonchev–Trinajstić information content (AvgIpc) is 3.09. The van der Waals surface area contributed by atoms with Crippen molar-refractivity contribution >= 4 is 28.9 Å². The van der Waals surface area contributed by atoms with Gasteiger partial charge in [0.25, 0.3) is 0 Å². The van der Waals surface area contributed by atoms with Gasteiger partial charge < -0.3 is 9.15 Å². The maximum atomic E-state index is 14.5. The van der Waals surface area contributed by atoms with Gasteiger partial charge >= 0.3 is 5.97 Å². The first-order chi connectivity index (χ1) is 12.0. The molecule has 0 spiro atoms. The molecule has 2 aromatic rings. The fourth-order valence-electron chi connectivity index (χ4n) is 3.15. The molecule has 25 heavy (non-hydrogen) atoms. The first kappa shape index (κ1) is 17.4. The van der Waals surface area contributed by atoms with Crippen LogP contribution < -0.4 is 0 Å². The minimum atomic E-state index is -1.13. The van der Waals surface area contributed by atoms with Crippen molar-refractivity contribution in [1.29, 1.82) is 0 Å². The Morgan fingerprint density at radius 1 is 1.36 bits per heavy atom. The lowest BCUT2D eigenvalue weighted by atomic mass is 9.74. The van der Waals surface area contributed by atoms with Gasteiger partial charge in [0.05, 0.1) is 12.9 Å². The molecule has 1 aromatic carbocycles. The van der Waals surface area contributed by atoms with Crippen LogP contribution in [0.25, 0.3) is 5.57 Å². The van der Waals surface area contributed by atoms with Crippen LogP contribution in [0, 0.1) is 11.7 Å². The number of rotatable bonds is 4. The second-order valence-electron chi connectivity index (χ2n) is 5.72. The third-order valence-electron chi connectivity index (χ3n) is 4.21. The molecule has 0 unspecified atom stereocenters. The van der Waals surface area contributed by atoms with Crippen LogP contribution in [0.3, 0.4) is 0 Å². The number of carbonyl (C=O) groups excluding carboxylic acids is 2. The number of esters is 1. The number of benzene rings is 1. The SMILES string of the molecule is CCOC(=O)[C@H]1C(=O)C=C(c2ccco2)C[C@H]1c1c(F)cccc1Cl. The molecule has 0 aliphatic heterocycles. The summed E-state index contributed by atoms with van der Waals surface area (Å²) < 4.78 is 24.8. The monoisotopic (exact) mass is 362 g/mol. The Labute approximate surface area is 149 Å². The average molecular weight is 363 g/mol. The largest absolute Gasteiger partial charge is 0.465 e. The molecule has 0 N–H and O–H groups in total. The van der Waals surface area contributed by atoms with Crippen molar-refractivity contribution in [3.8, 4) is 0 Å². The molecule has 0 radical (unpaired) electrons. The first-order valence-electron chi connectivity index (χ1n) is 7.91. The molecule has 0 amide bonds. The fraction of sp³-hybridized carbons (Fsp3) is 0.263. The first-order valence-corrected chi connectivity index (χ1v) is 8.29. The molecule has 1 heterocycles. The quantitative estimate of drug-likeness (QED) is 0.598. The second kappa shape index (κ2) is 7.23. The summed E-state index contributed by atoms with van der Waals surface area (Å²) in [4.78, 5) is 25.0. The van der Waals surface area contributed by atoms with Crippen molar-refractivity contribution in [3.63, 3.8) is 0 Å². The third kappa shape index (κ3) is 3.37. The Bertz CT molecular complexity index is 806. The van der Waals surface area contributed by atoms with Gasteiger partial charge in [-0.15, -0.1) is 0 Å². The number of hydrogen-bond donors (Lipinski definition) is 0. The van der Waals surface area contributed by atoms with Gasteiger partial charge in [0.15, 0.2) is 5.78 Å². The molecular formula is C19H16ClFO4. The van der Waals surface area contributed by atoms with Gasteiger partial charge in [-0.1, -0.05) is 17.7 Å². The molecule has 0 fully saturated rings. The molecule has 1 aromatic heterocycles. The highest BCUT2D eigenvalue weighted by molar-refractivity contribution is 6.31. The van der Waals surface area contributed by atoms with Gasteiger partial charge in [0.1, 0.15) is 17.5 Å². The van der Waals surface area contributed by atoms with Crippen molar-refractivity contribution in [2.24, 2.45) is 5.92 Å². The van der Waals surface area contributed by atoms with Crippen LogP contribution in [-0.2, 0) is 14.3 Å². The maximum absolute atomic E-state index is 14.5. The van der Waals surface area contributed by atoms with E-state index in [1.165, 1.54) is 30.5 Å². The molecule has 6 heteroatoms. The molecule has 1 aliphatic carbocycles. The highest BCUT2D eigenvalue weighted by Gasteiger charge is 2.42. The van der Waals surface area contributed by atoms with E-state index in [2.05, 4.69) is 0 Å². The van der Waals surface area contributed by atoms with Crippen molar-refractivity contribution in [3.05, 3.63) is 64.8 Å². The van der Waals surface area contributed by atoms with Crippen LogP contribution in [0.15, 0.2) is 47.1 Å². The standard InChI is InChI=1S/C19H16ClFO4/c1-2-24-19(23)18-12(17-13(20)5-3-6-14(17)21)9-11(10-15(18)22)16-7-4-8-25-16/h3-8,10,12,18H,2,9H2,1H3/t12-,18+/m0/s1. The van der Waals surface area contributed by atoms with Crippen LogP contribution in [0.4, 0.5) is 4.39 Å². The number of furan rings is 1. The molecule has 1 aliphatic rings. The third-order valence-corrected chi connectivity index (χ3v) is 4.54. The lowest BCUT2D eigenvalue weighted by Gasteiger charge is -2.29. The Kier molecular flexibility index (Phi) is 5.04. The van der Waals surface area contributed by atoms with Crippen LogP contribution in [0.1, 0.15) is 30.6 Å². The van der Waals surface area contributed by atoms with Gasteiger partial charge in [-0.05, 0) is 49.3 Å². The number of ketones is 1. The number of allylic oxidation sites excluding steroid dienone is 2. The van der Waals surface area contributed by atoms with Crippen molar-refractivity contribution in [2.75, 3.05) is 6.61 Å². The van der Waals surface area contributed by atoms with E-state index in [1.54, 1.807) is 19.1 Å². The smallest absolute Gasteiger partial charge is 0.317 e. The van der Waals surface area contributed by atoms with Crippen LogP contribution >= 0.6 is 11.6 Å². The van der Waals surface area contributed by atoms with Crippen molar-refractivity contribution in [1.82, 2.24) is 0 Å². The van der Waals surface area contributed by atoms with E-state index >= 15 is 0 Å². The summed E-state index contributed by atoms with van der Waals surface area (Å²) in [5, 5.41) is 0.174. The molecule has 4 nitrogen and oxygen atoms in total. The van der Waals surface area contributed by atoms with E-state index in [0.29, 0.717) is 11.3 Å². The Morgan fingerprint density at radius 3 is 2.80 bits per heavy atom. The summed E-state index contributed by atoms with van der Waals surface area (Å²) in [5.41, 5.74) is 0.743. The zero-order valence-corrected chi connectivity index (χ0v) is 14.3. The molecule has 0 saturated carbocycles. The number of hydrogen-bond acceptors (Lipinski definition) is 4. The van der Waals surface area contributed by atoms with E-state index in [4.69, 9.17) is 20.8 Å². The predicted molar refractivity (Wildman–Crippen MR) is 90.6 cm³/mol. The topological polar surface area (TPSA) is 56.5 Å². The Hall–Kier alpha value is -2.40. The molecule has 130 valence electrons. The minimum absolute atomic E-state index is 0.134. The van der Waals surface area contributed by atoms with Gasteiger partial charge in [-0.25, -0.2) is 4.39 Å². The molecule has 0 bridgehead atoms. The second-order valence-corrected chi connectivity index (χ2v) is 6.13. The lowest BCUT2D eigenvalue weighted by Crippen LogP contribution is -2.34. The summed E-state index contributed by atoms with van der Waals surface area (Å²) in [6.07, 6.45) is 3.10. The number of halogens is 2. The summed E-state index contributed by atoms with van der Waals surface area (Å²) in [6, 6.07) is 7.69. The fourth-order valence-corrected chi connectivity index (χ4v) is 3.46. The Morgan fingerprint density at radius 2 is 2.16 bits per heavy atom. The van der Waals surface area contributed by atoms with Crippen LogP contribution in [0.5, 0.6) is 0 Å². The normalized spacial score (nSPS) is 20.3. The molecular weight excluding hydrogens is 347 g/mol. The summed E-state index contributed by atoms with van der Waals surface area (Å²) in [5.74, 6) is -3.06. The lowest BCUT2D eigenvalue weighted by molar-refractivity contribution is -0.151. The van der Waals surface area contributed by atoms with E-state index in [0.717, 1.165) is 0 Å². The number of carbonyl (C=O) groups is 2. The van der Waals surface area contributed by atoms with Crippen molar-refractivity contribution < 1.29 is 23.1 Å². The van der Waals surface area contributed by atoms with Gasteiger partial charge in [-0.2, -0.15) is 0 Å². The van der Waals surface area contributed by atoms with Gasteiger partial charge in [-0.3, -0.25) is 9.59 Å². The van der Waals surface area contributed by atoms with Gasteiger partial charge in [0.2, 0.25) is 0 Å². The van der Waals surface area contributed by atoms with Crippen LogP contribution in [0.2, 0.25) is 5.02 Å². The van der Waals surface area contributed by atoms with Gasteiger partial charge in [0, 0.05) is 16.5 Å².